The van der Waals surface area contributed by atoms with Gasteiger partial charge in [0, 0.05) is 12.1 Å². The first kappa shape index (κ1) is 13.7. The van der Waals surface area contributed by atoms with Gasteiger partial charge in [-0.25, -0.2) is 0 Å². The summed E-state index contributed by atoms with van der Waals surface area (Å²) in [5.74, 6) is 0. The number of benzene rings is 2. The Morgan fingerprint density at radius 2 is 1.68 bits per heavy atom. The van der Waals surface area contributed by atoms with Gasteiger partial charge in [-0.05, 0) is 24.5 Å². The lowest BCUT2D eigenvalue weighted by atomic mass is 9.93. The lowest BCUT2D eigenvalue weighted by molar-refractivity contribution is -0.384. The van der Waals surface area contributed by atoms with E-state index in [2.05, 4.69) is 35.0 Å². The highest BCUT2D eigenvalue weighted by molar-refractivity contribution is 9.09. The number of non-ortho nitro benzene ring substituents is 1. The largest absolute Gasteiger partial charge is 0.269 e. The van der Waals surface area contributed by atoms with E-state index < -0.39 is 0 Å². The Balaban J connectivity index is 2.21. The summed E-state index contributed by atoms with van der Waals surface area (Å²) in [6.07, 6.45) is 0.825. The molecule has 98 valence electrons. The van der Waals surface area contributed by atoms with Crippen LogP contribution in [0.1, 0.15) is 18.1 Å². The van der Waals surface area contributed by atoms with E-state index in [1.165, 1.54) is 5.56 Å². The first-order valence-corrected chi connectivity index (χ1v) is 6.76. The monoisotopic (exact) mass is 319 g/mol. The molecule has 0 saturated heterocycles. The van der Waals surface area contributed by atoms with E-state index in [-0.39, 0.29) is 14.9 Å². The molecular formula is C15H14BrNO2. The zero-order chi connectivity index (χ0) is 13.9. The fourth-order valence-corrected chi connectivity index (χ4v) is 2.60. The molecule has 2 aromatic rings. The third-order valence-electron chi connectivity index (χ3n) is 3.06. The normalized spacial score (nSPS) is 13.8. The maximum atomic E-state index is 10.6. The molecule has 0 radical (unpaired) electrons. The Morgan fingerprint density at radius 3 is 2.21 bits per heavy atom. The van der Waals surface area contributed by atoms with Crippen LogP contribution < -0.4 is 0 Å². The first-order valence-electron chi connectivity index (χ1n) is 5.97. The van der Waals surface area contributed by atoms with Gasteiger partial charge in [0.15, 0.2) is 0 Å². The van der Waals surface area contributed by atoms with Crippen LogP contribution in [0.4, 0.5) is 5.69 Å². The number of alkyl halides is 1. The zero-order valence-corrected chi connectivity index (χ0v) is 12.1. The third-order valence-corrected chi connectivity index (χ3v) is 3.80. The fourth-order valence-electron chi connectivity index (χ4n) is 2.01. The van der Waals surface area contributed by atoms with Crippen LogP contribution in [0.25, 0.3) is 0 Å². The molecule has 0 bridgehead atoms. The average molecular weight is 320 g/mol. The summed E-state index contributed by atoms with van der Waals surface area (Å²) in [6, 6.07) is 16.8. The average Bonchev–Trinajstić information content (AvgIpc) is 2.39. The number of nitro groups is 1. The second-order valence-corrected chi connectivity index (χ2v) is 6.41. The number of halogens is 1. The van der Waals surface area contributed by atoms with Gasteiger partial charge in [-0.15, -0.1) is 0 Å². The molecule has 2 rings (SSSR count). The molecule has 0 aliphatic carbocycles. The molecule has 0 aliphatic heterocycles. The van der Waals surface area contributed by atoms with Crippen LogP contribution in [-0.2, 0) is 10.7 Å². The molecule has 19 heavy (non-hydrogen) atoms. The molecule has 0 aromatic heterocycles. The van der Waals surface area contributed by atoms with E-state index in [4.69, 9.17) is 0 Å². The van der Waals surface area contributed by atoms with Gasteiger partial charge in [0.25, 0.3) is 5.69 Å². The van der Waals surface area contributed by atoms with E-state index in [1.54, 1.807) is 24.3 Å². The SMILES string of the molecule is CC(Br)(Cc1ccccc1)c1ccc([N+](=O)[O-])cc1. The van der Waals surface area contributed by atoms with Gasteiger partial charge in [0.2, 0.25) is 0 Å². The first-order chi connectivity index (χ1) is 8.99. The van der Waals surface area contributed by atoms with Crippen molar-refractivity contribution >= 4 is 21.6 Å². The van der Waals surface area contributed by atoms with Crippen LogP contribution in [0.5, 0.6) is 0 Å². The quantitative estimate of drug-likeness (QED) is 0.474. The minimum absolute atomic E-state index is 0.117. The Bertz CT molecular complexity index is 564. The van der Waals surface area contributed by atoms with Gasteiger partial charge in [-0.1, -0.05) is 58.4 Å². The summed E-state index contributed by atoms with van der Waals surface area (Å²) >= 11 is 3.72. The van der Waals surface area contributed by atoms with Gasteiger partial charge in [0.1, 0.15) is 0 Å². The molecule has 4 heteroatoms. The van der Waals surface area contributed by atoms with Gasteiger partial charge < -0.3 is 0 Å². The number of hydrogen-bond donors (Lipinski definition) is 0. The predicted octanol–water partition coefficient (Wildman–Crippen LogP) is 4.45. The fraction of sp³-hybridized carbons (Fsp3) is 0.200. The smallest absolute Gasteiger partial charge is 0.258 e. The summed E-state index contributed by atoms with van der Waals surface area (Å²) in [6.45, 7) is 2.07. The topological polar surface area (TPSA) is 43.1 Å². The summed E-state index contributed by atoms with van der Waals surface area (Å²) in [7, 11) is 0. The van der Waals surface area contributed by atoms with Crippen LogP contribution in [0.15, 0.2) is 54.6 Å². The van der Waals surface area contributed by atoms with Gasteiger partial charge in [0.05, 0.1) is 9.25 Å². The maximum absolute atomic E-state index is 10.6. The standard InChI is InChI=1S/C15H14BrNO2/c1-15(16,11-12-5-3-2-4-6-12)13-7-9-14(10-8-13)17(18)19/h2-10H,11H2,1H3. The van der Waals surface area contributed by atoms with Crippen molar-refractivity contribution in [3.63, 3.8) is 0 Å². The summed E-state index contributed by atoms with van der Waals surface area (Å²) < 4.78 is -0.233. The molecule has 0 fully saturated rings. The molecule has 0 amide bonds. The lowest BCUT2D eigenvalue weighted by Crippen LogP contribution is -2.16. The predicted molar refractivity (Wildman–Crippen MR) is 79.5 cm³/mol. The molecule has 0 aliphatic rings. The maximum Gasteiger partial charge on any atom is 0.269 e. The van der Waals surface area contributed by atoms with Crippen molar-refractivity contribution in [1.29, 1.82) is 0 Å². The van der Waals surface area contributed by atoms with Crippen molar-refractivity contribution in [3.8, 4) is 0 Å². The van der Waals surface area contributed by atoms with Crippen molar-refractivity contribution < 1.29 is 4.92 Å². The van der Waals surface area contributed by atoms with E-state index in [9.17, 15) is 10.1 Å². The second-order valence-electron chi connectivity index (χ2n) is 4.66. The van der Waals surface area contributed by atoms with Crippen LogP contribution in [0.2, 0.25) is 0 Å². The number of rotatable bonds is 4. The van der Waals surface area contributed by atoms with E-state index in [1.807, 2.05) is 18.2 Å². The highest BCUT2D eigenvalue weighted by Crippen LogP contribution is 2.35. The number of nitro benzene ring substituents is 1. The van der Waals surface area contributed by atoms with Gasteiger partial charge >= 0.3 is 0 Å². The Morgan fingerprint density at radius 1 is 1.11 bits per heavy atom. The van der Waals surface area contributed by atoms with E-state index in [0.717, 1.165) is 12.0 Å². The van der Waals surface area contributed by atoms with Crippen LogP contribution in [0.3, 0.4) is 0 Å². The third kappa shape index (κ3) is 3.41. The zero-order valence-electron chi connectivity index (χ0n) is 10.5. The molecular weight excluding hydrogens is 306 g/mol. The van der Waals surface area contributed by atoms with Gasteiger partial charge in [-0.3, -0.25) is 10.1 Å². The highest BCUT2D eigenvalue weighted by Gasteiger charge is 2.23. The summed E-state index contributed by atoms with van der Waals surface area (Å²) in [5.41, 5.74) is 2.37. The number of nitrogens with zero attached hydrogens (tertiary/aromatic N) is 1. The molecule has 2 aromatic carbocycles. The van der Waals surface area contributed by atoms with Crippen LogP contribution >= 0.6 is 15.9 Å². The van der Waals surface area contributed by atoms with Crippen LogP contribution in [-0.4, -0.2) is 4.92 Å². The number of hydrogen-bond acceptors (Lipinski definition) is 2. The van der Waals surface area contributed by atoms with Crippen molar-refractivity contribution in [2.24, 2.45) is 0 Å². The van der Waals surface area contributed by atoms with Crippen molar-refractivity contribution in [3.05, 3.63) is 75.8 Å². The summed E-state index contributed by atoms with van der Waals surface area (Å²) in [5, 5.41) is 10.6. The lowest BCUT2D eigenvalue weighted by Gasteiger charge is -2.23. The van der Waals surface area contributed by atoms with Crippen LogP contribution in [0, 0.1) is 10.1 Å². The van der Waals surface area contributed by atoms with E-state index >= 15 is 0 Å². The molecule has 1 unspecified atom stereocenters. The highest BCUT2D eigenvalue weighted by atomic mass is 79.9. The molecule has 1 atom stereocenters. The Labute approximate surface area is 120 Å². The van der Waals surface area contributed by atoms with Crippen molar-refractivity contribution in [2.75, 3.05) is 0 Å². The second kappa shape index (κ2) is 5.53. The van der Waals surface area contributed by atoms with E-state index in [0.29, 0.717) is 0 Å². The minimum Gasteiger partial charge on any atom is -0.258 e. The molecule has 3 nitrogen and oxygen atoms in total. The Hall–Kier alpha value is -1.68. The Kier molecular flexibility index (Phi) is 4.00. The molecule has 0 spiro atoms. The molecule has 0 N–H and O–H groups in total. The van der Waals surface area contributed by atoms with Crippen molar-refractivity contribution in [2.45, 2.75) is 17.7 Å². The van der Waals surface area contributed by atoms with Crippen molar-refractivity contribution in [1.82, 2.24) is 0 Å². The molecule has 0 heterocycles. The summed E-state index contributed by atoms with van der Waals surface area (Å²) in [4.78, 5) is 10.3. The minimum atomic E-state index is -0.382. The van der Waals surface area contributed by atoms with Gasteiger partial charge in [-0.2, -0.15) is 0 Å². The molecule has 0 saturated carbocycles.